The number of carbonyl (C=O) groups excluding carboxylic acids is 1. The zero-order chi connectivity index (χ0) is 18.9. The number of hydrogen-bond donors (Lipinski definition) is 1. The molecule has 138 valence electrons. The van der Waals surface area contributed by atoms with Crippen molar-refractivity contribution in [3.63, 3.8) is 0 Å². The summed E-state index contributed by atoms with van der Waals surface area (Å²) in [6, 6.07) is 26.1. The summed E-state index contributed by atoms with van der Waals surface area (Å²) < 4.78 is 6.42. The van der Waals surface area contributed by atoms with Gasteiger partial charge in [-0.05, 0) is 51.7 Å². The predicted octanol–water partition coefficient (Wildman–Crippen LogP) is 6.47. The minimum absolute atomic E-state index is 0.259. The second-order valence-corrected chi connectivity index (χ2v) is 7.34. The summed E-state index contributed by atoms with van der Waals surface area (Å²) in [5, 5.41) is 2.77. The topological polar surface area (TPSA) is 38.3 Å². The zero-order valence-corrected chi connectivity index (χ0v) is 17.2. The minimum atomic E-state index is -0.451. The van der Waals surface area contributed by atoms with Gasteiger partial charge in [-0.1, -0.05) is 89.3 Å². The Morgan fingerprint density at radius 3 is 2.33 bits per heavy atom. The number of aryl methyl sites for hydroxylation is 1. The molecule has 0 aliphatic carbocycles. The lowest BCUT2D eigenvalue weighted by Gasteiger charge is -2.09. The van der Waals surface area contributed by atoms with Gasteiger partial charge in [0.25, 0.3) is 0 Å². The second-order valence-electron chi connectivity index (χ2n) is 6.26. The van der Waals surface area contributed by atoms with E-state index in [-0.39, 0.29) is 6.61 Å². The third-order valence-electron chi connectivity index (χ3n) is 4.20. The number of anilines is 1. The van der Waals surface area contributed by atoms with E-state index in [1.807, 2.05) is 54.6 Å². The van der Waals surface area contributed by atoms with Gasteiger partial charge in [0.15, 0.2) is 0 Å². The maximum atomic E-state index is 12.0. The van der Waals surface area contributed by atoms with Crippen LogP contribution < -0.4 is 5.32 Å². The molecular weight excluding hydrogens is 449 g/mol. The summed E-state index contributed by atoms with van der Waals surface area (Å²) in [6.07, 6.45) is 1.84. The highest BCUT2D eigenvalue weighted by molar-refractivity contribution is 14.1. The fourth-order valence-electron chi connectivity index (χ4n) is 2.80. The molecule has 1 N–H and O–H groups in total. The van der Waals surface area contributed by atoms with E-state index in [9.17, 15) is 4.79 Å². The molecule has 0 aromatic heterocycles. The van der Waals surface area contributed by atoms with Crippen molar-refractivity contribution in [2.75, 3.05) is 9.74 Å². The monoisotopic (exact) mass is 471 g/mol. The fraction of sp³-hybridized carbons (Fsp3) is 0.174. The summed E-state index contributed by atoms with van der Waals surface area (Å²) in [5.41, 5.74) is 5.37. The Morgan fingerprint density at radius 1 is 0.852 bits per heavy atom. The van der Waals surface area contributed by atoms with Crippen molar-refractivity contribution in [1.82, 2.24) is 0 Å². The number of alkyl halides is 1. The molecule has 27 heavy (non-hydrogen) atoms. The molecule has 3 aromatic rings. The molecule has 3 rings (SSSR count). The summed E-state index contributed by atoms with van der Waals surface area (Å²) >= 11 is 2.41. The fourth-order valence-corrected chi connectivity index (χ4v) is 3.18. The molecule has 0 bridgehead atoms. The normalized spacial score (nSPS) is 10.4. The molecule has 0 fully saturated rings. The number of hydrogen-bond acceptors (Lipinski definition) is 2. The Hall–Kier alpha value is -2.34. The van der Waals surface area contributed by atoms with Gasteiger partial charge in [-0.15, -0.1) is 0 Å². The lowest BCUT2D eigenvalue weighted by molar-refractivity contribution is 0.155. The van der Waals surface area contributed by atoms with Crippen LogP contribution in [0.15, 0.2) is 78.9 Å². The molecule has 0 saturated heterocycles. The van der Waals surface area contributed by atoms with E-state index in [2.05, 4.69) is 52.2 Å². The summed E-state index contributed by atoms with van der Waals surface area (Å²) in [6.45, 7) is 0.259. The molecule has 0 aliphatic heterocycles. The second kappa shape index (κ2) is 10.1. The van der Waals surface area contributed by atoms with Gasteiger partial charge < -0.3 is 4.74 Å². The van der Waals surface area contributed by atoms with Crippen molar-refractivity contribution >= 4 is 34.4 Å². The van der Waals surface area contributed by atoms with E-state index in [1.165, 1.54) is 22.0 Å². The van der Waals surface area contributed by atoms with E-state index in [0.29, 0.717) is 0 Å². The van der Waals surface area contributed by atoms with Crippen LogP contribution in [0.5, 0.6) is 0 Å². The van der Waals surface area contributed by atoms with Crippen molar-refractivity contribution in [3.8, 4) is 11.1 Å². The third kappa shape index (κ3) is 6.10. The molecule has 3 aromatic carbocycles. The Balaban J connectivity index is 1.57. The average molecular weight is 471 g/mol. The molecule has 0 saturated carbocycles. The molecule has 0 radical (unpaired) electrons. The molecule has 0 unspecified atom stereocenters. The van der Waals surface area contributed by atoms with E-state index in [4.69, 9.17) is 4.74 Å². The smallest absolute Gasteiger partial charge is 0.411 e. The molecule has 0 aliphatic rings. The van der Waals surface area contributed by atoms with Crippen LogP contribution >= 0.6 is 22.6 Å². The number of rotatable bonds is 7. The van der Waals surface area contributed by atoms with Crippen LogP contribution in [-0.4, -0.2) is 10.5 Å². The number of ether oxygens (including phenoxy) is 1. The van der Waals surface area contributed by atoms with Crippen LogP contribution in [0.25, 0.3) is 11.1 Å². The summed E-state index contributed by atoms with van der Waals surface area (Å²) in [7, 11) is 0. The molecule has 0 heterocycles. The standard InChI is InChI=1S/C23H22INO2/c24-15-5-9-18-8-4-10-21(16-18)20-11-13-22(14-12-20)25-23(26)27-17-19-6-2-1-3-7-19/h1-4,6-8,10-14,16H,5,9,15,17H2,(H,25,26). The Morgan fingerprint density at radius 2 is 1.59 bits per heavy atom. The number of benzene rings is 3. The van der Waals surface area contributed by atoms with Gasteiger partial charge in [0.1, 0.15) is 6.61 Å². The first-order chi connectivity index (χ1) is 13.2. The predicted molar refractivity (Wildman–Crippen MR) is 119 cm³/mol. The van der Waals surface area contributed by atoms with Gasteiger partial charge in [0.05, 0.1) is 0 Å². The maximum absolute atomic E-state index is 12.0. The van der Waals surface area contributed by atoms with Crippen molar-refractivity contribution in [1.29, 1.82) is 0 Å². The van der Waals surface area contributed by atoms with Gasteiger partial charge in [0, 0.05) is 5.69 Å². The van der Waals surface area contributed by atoms with Gasteiger partial charge >= 0.3 is 6.09 Å². The van der Waals surface area contributed by atoms with E-state index in [0.717, 1.165) is 23.2 Å². The molecule has 3 nitrogen and oxygen atoms in total. The van der Waals surface area contributed by atoms with E-state index in [1.54, 1.807) is 0 Å². The SMILES string of the molecule is O=C(Nc1ccc(-c2cccc(CCCI)c2)cc1)OCc1ccccc1. The average Bonchev–Trinajstić information content (AvgIpc) is 2.72. The quantitative estimate of drug-likeness (QED) is 0.317. The van der Waals surface area contributed by atoms with Crippen molar-refractivity contribution in [2.24, 2.45) is 0 Å². The number of nitrogens with one attached hydrogen (secondary N) is 1. The lowest BCUT2D eigenvalue weighted by Crippen LogP contribution is -2.13. The Labute approximate surface area is 173 Å². The van der Waals surface area contributed by atoms with E-state index >= 15 is 0 Å². The van der Waals surface area contributed by atoms with Crippen LogP contribution in [0.2, 0.25) is 0 Å². The van der Waals surface area contributed by atoms with E-state index < -0.39 is 6.09 Å². The van der Waals surface area contributed by atoms with Crippen molar-refractivity contribution in [3.05, 3.63) is 90.0 Å². The van der Waals surface area contributed by atoms with Gasteiger partial charge in [0.2, 0.25) is 0 Å². The highest BCUT2D eigenvalue weighted by Crippen LogP contribution is 2.23. The minimum Gasteiger partial charge on any atom is -0.444 e. The Bertz CT molecular complexity index is 863. The van der Waals surface area contributed by atoms with Crippen LogP contribution in [0, 0.1) is 0 Å². The lowest BCUT2D eigenvalue weighted by atomic mass is 10.0. The Kier molecular flexibility index (Phi) is 7.27. The summed E-state index contributed by atoms with van der Waals surface area (Å²) in [5.74, 6) is 0. The first kappa shape index (κ1) is 19.4. The van der Waals surface area contributed by atoms with Crippen LogP contribution in [0.3, 0.4) is 0 Å². The highest BCUT2D eigenvalue weighted by atomic mass is 127. The first-order valence-electron chi connectivity index (χ1n) is 8.97. The molecule has 0 atom stereocenters. The zero-order valence-electron chi connectivity index (χ0n) is 15.0. The number of amides is 1. The maximum Gasteiger partial charge on any atom is 0.411 e. The van der Waals surface area contributed by atoms with Crippen LogP contribution in [0.4, 0.5) is 10.5 Å². The molecular formula is C23H22INO2. The van der Waals surface area contributed by atoms with Gasteiger partial charge in [-0.2, -0.15) is 0 Å². The van der Waals surface area contributed by atoms with Gasteiger partial charge in [-0.3, -0.25) is 5.32 Å². The van der Waals surface area contributed by atoms with Crippen molar-refractivity contribution < 1.29 is 9.53 Å². The molecule has 1 amide bonds. The first-order valence-corrected chi connectivity index (χ1v) is 10.5. The molecule has 0 spiro atoms. The van der Waals surface area contributed by atoms with Crippen molar-refractivity contribution in [2.45, 2.75) is 19.4 Å². The summed E-state index contributed by atoms with van der Waals surface area (Å²) in [4.78, 5) is 12.0. The largest absolute Gasteiger partial charge is 0.444 e. The van der Waals surface area contributed by atoms with Crippen LogP contribution in [0.1, 0.15) is 17.5 Å². The number of carbonyl (C=O) groups is 1. The van der Waals surface area contributed by atoms with Gasteiger partial charge in [-0.25, -0.2) is 4.79 Å². The van der Waals surface area contributed by atoms with Crippen LogP contribution in [-0.2, 0) is 17.8 Å². The highest BCUT2D eigenvalue weighted by Gasteiger charge is 2.05. The third-order valence-corrected chi connectivity index (χ3v) is 4.97. The number of halogens is 1. The molecule has 4 heteroatoms.